The Kier molecular flexibility index (Phi) is 4.53. The molecule has 0 bridgehead atoms. The van der Waals surface area contributed by atoms with Crippen LogP contribution in [0.25, 0.3) is 0 Å². The largest absolute Gasteiger partial charge is 0.335 e. The van der Waals surface area contributed by atoms with E-state index in [1.807, 2.05) is 11.8 Å². The zero-order chi connectivity index (χ0) is 13.8. The van der Waals surface area contributed by atoms with Crippen LogP contribution < -0.4 is 5.73 Å². The Labute approximate surface area is 113 Å². The molecule has 0 aromatic heterocycles. The van der Waals surface area contributed by atoms with Crippen molar-refractivity contribution >= 4 is 5.91 Å². The number of benzene rings is 1. The molecule has 1 aliphatic rings. The van der Waals surface area contributed by atoms with Gasteiger partial charge in [-0.1, -0.05) is 25.1 Å². The average molecular weight is 264 g/mol. The van der Waals surface area contributed by atoms with Gasteiger partial charge in [-0.05, 0) is 31.9 Å². The maximum Gasteiger partial charge on any atom is 0.226 e. The number of nitrogens with two attached hydrogens (primary N) is 1. The lowest BCUT2D eigenvalue weighted by molar-refractivity contribution is -0.136. The quantitative estimate of drug-likeness (QED) is 0.857. The van der Waals surface area contributed by atoms with Crippen molar-refractivity contribution in [1.82, 2.24) is 4.90 Å². The van der Waals surface area contributed by atoms with Crippen molar-refractivity contribution in [2.75, 3.05) is 6.54 Å². The Bertz CT molecular complexity index is 446. The molecule has 104 valence electrons. The van der Waals surface area contributed by atoms with Gasteiger partial charge in [-0.3, -0.25) is 4.79 Å². The Balaban J connectivity index is 2.08. The second-order valence-electron chi connectivity index (χ2n) is 5.27. The molecule has 1 aromatic carbocycles. The molecule has 1 aliphatic carbocycles. The van der Waals surface area contributed by atoms with Crippen molar-refractivity contribution < 1.29 is 9.18 Å². The summed E-state index contributed by atoms with van der Waals surface area (Å²) < 4.78 is 13.7. The van der Waals surface area contributed by atoms with Gasteiger partial charge < -0.3 is 10.6 Å². The Morgan fingerprint density at radius 2 is 2.16 bits per heavy atom. The summed E-state index contributed by atoms with van der Waals surface area (Å²) in [6.07, 6.45) is 2.73. The van der Waals surface area contributed by atoms with Crippen LogP contribution in [0.4, 0.5) is 4.39 Å². The normalized spacial score (nSPS) is 16.2. The van der Waals surface area contributed by atoms with Gasteiger partial charge in [0.25, 0.3) is 0 Å². The van der Waals surface area contributed by atoms with E-state index in [9.17, 15) is 9.18 Å². The molecule has 19 heavy (non-hydrogen) atoms. The number of carbonyl (C=O) groups is 1. The summed E-state index contributed by atoms with van der Waals surface area (Å²) in [4.78, 5) is 14.2. The Morgan fingerprint density at radius 1 is 1.47 bits per heavy atom. The number of nitrogens with zero attached hydrogens (tertiary/aromatic N) is 1. The van der Waals surface area contributed by atoms with Gasteiger partial charge in [0.1, 0.15) is 5.82 Å². The SMILES string of the molecule is CC(CCN)C(=O)N(Cc1ccccc1F)C1CC1. The first-order valence-corrected chi connectivity index (χ1v) is 6.87. The summed E-state index contributed by atoms with van der Waals surface area (Å²) in [6, 6.07) is 6.93. The predicted molar refractivity (Wildman–Crippen MR) is 72.8 cm³/mol. The van der Waals surface area contributed by atoms with E-state index >= 15 is 0 Å². The molecule has 4 heteroatoms. The summed E-state index contributed by atoms with van der Waals surface area (Å²) in [5.74, 6) is -0.235. The van der Waals surface area contributed by atoms with Gasteiger partial charge in [0.2, 0.25) is 5.91 Å². The Hall–Kier alpha value is -1.42. The lowest BCUT2D eigenvalue weighted by atomic mass is 10.1. The molecule has 0 heterocycles. The van der Waals surface area contributed by atoms with E-state index in [2.05, 4.69) is 0 Å². The lowest BCUT2D eigenvalue weighted by Gasteiger charge is -2.26. The average Bonchev–Trinajstić information content (AvgIpc) is 3.21. The first-order chi connectivity index (χ1) is 9.13. The fourth-order valence-corrected chi connectivity index (χ4v) is 2.24. The molecule has 3 nitrogen and oxygen atoms in total. The molecule has 0 spiro atoms. The van der Waals surface area contributed by atoms with Gasteiger partial charge in [0, 0.05) is 24.1 Å². The third-order valence-electron chi connectivity index (χ3n) is 3.59. The molecule has 1 fully saturated rings. The number of halogens is 1. The van der Waals surface area contributed by atoms with Crippen LogP contribution in [0.5, 0.6) is 0 Å². The molecule has 1 saturated carbocycles. The minimum absolute atomic E-state index is 0.0858. The van der Waals surface area contributed by atoms with E-state index in [1.165, 1.54) is 6.07 Å². The first-order valence-electron chi connectivity index (χ1n) is 6.87. The fourth-order valence-electron chi connectivity index (χ4n) is 2.24. The van der Waals surface area contributed by atoms with Crippen LogP contribution in [0.2, 0.25) is 0 Å². The topological polar surface area (TPSA) is 46.3 Å². The van der Waals surface area contributed by atoms with E-state index in [-0.39, 0.29) is 23.7 Å². The van der Waals surface area contributed by atoms with Crippen molar-refractivity contribution in [2.45, 2.75) is 38.8 Å². The number of amides is 1. The van der Waals surface area contributed by atoms with Crippen LogP contribution >= 0.6 is 0 Å². The monoisotopic (exact) mass is 264 g/mol. The summed E-state index contributed by atoms with van der Waals surface area (Å²) >= 11 is 0. The van der Waals surface area contributed by atoms with E-state index in [0.717, 1.165) is 12.8 Å². The molecule has 1 amide bonds. The summed E-state index contributed by atoms with van der Waals surface area (Å²) in [6.45, 7) is 2.77. The van der Waals surface area contributed by atoms with E-state index in [0.29, 0.717) is 25.1 Å². The van der Waals surface area contributed by atoms with Crippen LogP contribution in [0.1, 0.15) is 31.7 Å². The molecule has 0 saturated heterocycles. The van der Waals surface area contributed by atoms with Gasteiger partial charge in [0.15, 0.2) is 0 Å². The highest BCUT2D eigenvalue weighted by Gasteiger charge is 2.34. The minimum Gasteiger partial charge on any atom is -0.335 e. The maximum absolute atomic E-state index is 13.7. The molecule has 1 aromatic rings. The molecular weight excluding hydrogens is 243 g/mol. The molecule has 1 unspecified atom stereocenters. The van der Waals surface area contributed by atoms with Crippen LogP contribution in [-0.2, 0) is 11.3 Å². The van der Waals surface area contributed by atoms with Crippen molar-refractivity contribution in [1.29, 1.82) is 0 Å². The van der Waals surface area contributed by atoms with Crippen LogP contribution in [-0.4, -0.2) is 23.4 Å². The van der Waals surface area contributed by atoms with E-state index in [1.54, 1.807) is 18.2 Å². The van der Waals surface area contributed by atoms with Crippen LogP contribution in [0.3, 0.4) is 0 Å². The van der Waals surface area contributed by atoms with Gasteiger partial charge in [0.05, 0.1) is 0 Å². The third-order valence-corrected chi connectivity index (χ3v) is 3.59. The van der Waals surface area contributed by atoms with Crippen molar-refractivity contribution in [2.24, 2.45) is 11.7 Å². The smallest absolute Gasteiger partial charge is 0.226 e. The summed E-state index contributed by atoms with van der Waals surface area (Å²) in [7, 11) is 0. The van der Waals surface area contributed by atoms with Crippen LogP contribution in [0, 0.1) is 11.7 Å². The van der Waals surface area contributed by atoms with Crippen LogP contribution in [0.15, 0.2) is 24.3 Å². The van der Waals surface area contributed by atoms with Gasteiger partial charge in [-0.15, -0.1) is 0 Å². The molecule has 2 N–H and O–H groups in total. The van der Waals surface area contributed by atoms with Gasteiger partial charge >= 0.3 is 0 Å². The van der Waals surface area contributed by atoms with Gasteiger partial charge in [-0.2, -0.15) is 0 Å². The third kappa shape index (κ3) is 3.53. The number of carbonyl (C=O) groups excluding carboxylic acids is 1. The first kappa shape index (κ1) is 14.0. The summed E-state index contributed by atoms with van der Waals surface area (Å²) in [5, 5.41) is 0. The number of hydrogen-bond acceptors (Lipinski definition) is 2. The number of hydrogen-bond donors (Lipinski definition) is 1. The zero-order valence-corrected chi connectivity index (χ0v) is 11.3. The van der Waals surface area contributed by atoms with E-state index in [4.69, 9.17) is 5.73 Å². The second-order valence-corrected chi connectivity index (χ2v) is 5.27. The molecule has 1 atom stereocenters. The number of rotatable bonds is 6. The highest BCUT2D eigenvalue weighted by molar-refractivity contribution is 5.79. The van der Waals surface area contributed by atoms with Crippen molar-refractivity contribution in [3.63, 3.8) is 0 Å². The molecular formula is C15H21FN2O. The molecule has 0 radical (unpaired) electrons. The van der Waals surface area contributed by atoms with Gasteiger partial charge in [-0.25, -0.2) is 4.39 Å². The molecule has 2 rings (SSSR count). The Morgan fingerprint density at radius 3 is 2.74 bits per heavy atom. The highest BCUT2D eigenvalue weighted by atomic mass is 19.1. The highest BCUT2D eigenvalue weighted by Crippen LogP contribution is 2.30. The molecule has 0 aliphatic heterocycles. The van der Waals surface area contributed by atoms with Crippen molar-refractivity contribution in [3.8, 4) is 0 Å². The van der Waals surface area contributed by atoms with E-state index < -0.39 is 0 Å². The summed E-state index contributed by atoms with van der Waals surface area (Å²) in [5.41, 5.74) is 6.09. The lowest BCUT2D eigenvalue weighted by Crippen LogP contribution is -2.37. The fraction of sp³-hybridized carbons (Fsp3) is 0.533. The van der Waals surface area contributed by atoms with Crippen molar-refractivity contribution in [3.05, 3.63) is 35.6 Å². The maximum atomic E-state index is 13.7. The minimum atomic E-state index is -0.243. The standard InChI is InChI=1S/C15H21FN2O/c1-11(8-9-17)15(19)18(13-6-7-13)10-12-4-2-3-5-14(12)16/h2-5,11,13H,6-10,17H2,1H3. The second kappa shape index (κ2) is 6.15. The predicted octanol–water partition coefficient (Wildman–Crippen LogP) is 2.30. The zero-order valence-electron chi connectivity index (χ0n) is 11.3.